The Hall–Kier alpha value is -2.31. The average Bonchev–Trinajstić information content (AvgIpc) is 3.07. The van der Waals surface area contributed by atoms with Crippen LogP contribution in [0, 0.1) is 0 Å². The minimum absolute atomic E-state index is 0.0129. The minimum Gasteiger partial charge on any atom is -0.397 e. The number of fused-ring (bicyclic) bond motifs is 1. The predicted molar refractivity (Wildman–Crippen MR) is 70.7 cm³/mol. The van der Waals surface area contributed by atoms with Crippen molar-refractivity contribution in [2.24, 2.45) is 0 Å². The summed E-state index contributed by atoms with van der Waals surface area (Å²) in [5, 5.41) is 10.4. The van der Waals surface area contributed by atoms with Gasteiger partial charge in [0.05, 0.1) is 11.4 Å². The predicted octanol–water partition coefficient (Wildman–Crippen LogP) is 0.520. The molecule has 1 aromatic heterocycles. The van der Waals surface area contributed by atoms with E-state index in [-0.39, 0.29) is 11.9 Å². The highest BCUT2D eigenvalue weighted by atomic mass is 16.6. The lowest BCUT2D eigenvalue weighted by Gasteiger charge is -2.25. The summed E-state index contributed by atoms with van der Waals surface area (Å²) < 4.78 is 4.76. The molecule has 1 amide bonds. The maximum atomic E-state index is 11.9. The Morgan fingerprint density at radius 1 is 1.47 bits per heavy atom. The zero-order chi connectivity index (χ0) is 13.4. The Labute approximate surface area is 109 Å². The van der Waals surface area contributed by atoms with E-state index < -0.39 is 0 Å². The molecule has 1 fully saturated rings. The summed E-state index contributed by atoms with van der Waals surface area (Å²) in [5.74, 6) is 0.0129. The third-order valence-corrected chi connectivity index (χ3v) is 3.54. The molecular weight excluding hydrogens is 246 g/mol. The lowest BCUT2D eigenvalue weighted by Crippen LogP contribution is -2.42. The molecule has 7 heteroatoms. The summed E-state index contributed by atoms with van der Waals surface area (Å²) >= 11 is 0. The van der Waals surface area contributed by atoms with Crippen molar-refractivity contribution in [3.63, 3.8) is 0 Å². The van der Waals surface area contributed by atoms with Crippen molar-refractivity contribution in [3.8, 4) is 0 Å². The maximum Gasteiger partial charge on any atom is 0.242 e. The normalized spacial score (nSPS) is 19.0. The maximum absolute atomic E-state index is 11.9. The summed E-state index contributed by atoms with van der Waals surface area (Å²) in [5.41, 5.74) is 8.35. The molecule has 100 valence electrons. The summed E-state index contributed by atoms with van der Waals surface area (Å²) in [6, 6.07) is 3.46. The Kier molecular flexibility index (Phi) is 2.73. The van der Waals surface area contributed by atoms with Gasteiger partial charge in [-0.2, -0.15) is 0 Å². The number of rotatable bonds is 2. The Bertz CT molecular complexity index is 624. The molecular formula is C12H15N5O2. The van der Waals surface area contributed by atoms with Crippen LogP contribution < -0.4 is 16.0 Å². The van der Waals surface area contributed by atoms with E-state index in [4.69, 9.17) is 10.4 Å². The van der Waals surface area contributed by atoms with Crippen molar-refractivity contribution in [2.45, 2.75) is 18.9 Å². The molecule has 19 heavy (non-hydrogen) atoms. The Balaban J connectivity index is 2.06. The van der Waals surface area contributed by atoms with Crippen LogP contribution in [0.2, 0.25) is 0 Å². The number of carbonyl (C=O) groups is 1. The molecule has 0 bridgehead atoms. The zero-order valence-corrected chi connectivity index (χ0v) is 10.6. The number of aromatic nitrogens is 2. The van der Waals surface area contributed by atoms with Crippen molar-refractivity contribution >= 4 is 28.3 Å². The first kappa shape index (κ1) is 11.8. The van der Waals surface area contributed by atoms with Crippen molar-refractivity contribution in [1.82, 2.24) is 15.6 Å². The SMILES string of the molecule is CNC(=O)C1CCCN1c1ccc(N)c2nonc12. The number of hydrogen-bond donors (Lipinski definition) is 2. The van der Waals surface area contributed by atoms with E-state index in [0.29, 0.717) is 16.7 Å². The fourth-order valence-corrected chi connectivity index (χ4v) is 2.60. The molecule has 1 saturated heterocycles. The molecule has 2 heterocycles. The number of amides is 1. The lowest BCUT2D eigenvalue weighted by molar-refractivity contribution is -0.121. The van der Waals surface area contributed by atoms with Gasteiger partial charge < -0.3 is 16.0 Å². The number of nitrogens with two attached hydrogens (primary N) is 1. The fraction of sp³-hybridized carbons (Fsp3) is 0.417. The number of anilines is 2. The van der Waals surface area contributed by atoms with Gasteiger partial charge in [0.1, 0.15) is 6.04 Å². The molecule has 1 atom stereocenters. The molecule has 0 spiro atoms. The van der Waals surface area contributed by atoms with Gasteiger partial charge in [-0.05, 0) is 35.3 Å². The molecule has 3 rings (SSSR count). The van der Waals surface area contributed by atoms with Gasteiger partial charge in [0.25, 0.3) is 0 Å². The number of nitrogen functional groups attached to an aromatic ring is 1. The number of likely N-dealkylation sites (N-methyl/N-ethyl adjacent to an activating group) is 1. The van der Waals surface area contributed by atoms with E-state index in [0.717, 1.165) is 25.1 Å². The minimum atomic E-state index is -0.173. The van der Waals surface area contributed by atoms with Crippen LogP contribution in [0.1, 0.15) is 12.8 Å². The molecule has 1 aliphatic rings. The molecule has 1 aromatic carbocycles. The average molecular weight is 261 g/mol. The number of nitrogens with one attached hydrogen (secondary N) is 1. The quantitative estimate of drug-likeness (QED) is 0.765. The van der Waals surface area contributed by atoms with Crippen LogP contribution in [-0.4, -0.2) is 35.9 Å². The standard InChI is InChI=1S/C12H15N5O2/c1-14-12(18)9-3-2-6-17(9)8-5-4-7(13)10-11(8)16-19-15-10/h4-5,9H,2-3,6,13H2,1H3,(H,14,18). The van der Waals surface area contributed by atoms with Crippen LogP contribution in [0.3, 0.4) is 0 Å². The van der Waals surface area contributed by atoms with Gasteiger partial charge in [-0.15, -0.1) is 0 Å². The Morgan fingerprint density at radius 2 is 2.26 bits per heavy atom. The molecule has 0 saturated carbocycles. The summed E-state index contributed by atoms with van der Waals surface area (Å²) in [4.78, 5) is 13.9. The molecule has 0 radical (unpaired) electrons. The lowest BCUT2D eigenvalue weighted by atomic mass is 10.1. The van der Waals surface area contributed by atoms with E-state index in [2.05, 4.69) is 15.6 Å². The van der Waals surface area contributed by atoms with Gasteiger partial charge in [0, 0.05) is 13.6 Å². The monoisotopic (exact) mass is 261 g/mol. The molecule has 1 aliphatic heterocycles. The topological polar surface area (TPSA) is 97.3 Å². The van der Waals surface area contributed by atoms with Crippen molar-refractivity contribution in [1.29, 1.82) is 0 Å². The second-order valence-corrected chi connectivity index (χ2v) is 4.60. The molecule has 0 aliphatic carbocycles. The first-order valence-corrected chi connectivity index (χ1v) is 6.21. The summed E-state index contributed by atoms with van der Waals surface area (Å²) in [7, 11) is 1.65. The van der Waals surface area contributed by atoms with Crippen LogP contribution in [0.15, 0.2) is 16.8 Å². The third kappa shape index (κ3) is 1.78. The fourth-order valence-electron chi connectivity index (χ4n) is 2.60. The highest BCUT2D eigenvalue weighted by molar-refractivity contribution is 5.97. The molecule has 7 nitrogen and oxygen atoms in total. The molecule has 2 aromatic rings. The number of benzene rings is 1. The zero-order valence-electron chi connectivity index (χ0n) is 10.6. The number of nitrogens with zero attached hydrogens (tertiary/aromatic N) is 3. The van der Waals surface area contributed by atoms with Crippen LogP contribution in [0.4, 0.5) is 11.4 Å². The highest BCUT2D eigenvalue weighted by Gasteiger charge is 2.32. The first-order valence-electron chi connectivity index (χ1n) is 6.21. The summed E-state index contributed by atoms with van der Waals surface area (Å²) in [6.45, 7) is 0.809. The third-order valence-electron chi connectivity index (χ3n) is 3.54. The number of hydrogen-bond acceptors (Lipinski definition) is 6. The van der Waals surface area contributed by atoms with Crippen LogP contribution in [-0.2, 0) is 4.79 Å². The van der Waals surface area contributed by atoms with E-state index in [1.54, 1.807) is 13.1 Å². The van der Waals surface area contributed by atoms with Crippen LogP contribution >= 0.6 is 0 Å². The van der Waals surface area contributed by atoms with Gasteiger partial charge in [0.2, 0.25) is 5.91 Å². The largest absolute Gasteiger partial charge is 0.397 e. The Morgan fingerprint density at radius 3 is 3.05 bits per heavy atom. The van der Waals surface area contributed by atoms with Gasteiger partial charge in [-0.25, -0.2) is 4.63 Å². The van der Waals surface area contributed by atoms with E-state index in [9.17, 15) is 4.79 Å². The highest BCUT2D eigenvalue weighted by Crippen LogP contribution is 2.33. The second kappa shape index (κ2) is 4.42. The second-order valence-electron chi connectivity index (χ2n) is 4.60. The first-order chi connectivity index (χ1) is 9.22. The van der Waals surface area contributed by atoms with Gasteiger partial charge in [0.15, 0.2) is 11.0 Å². The van der Waals surface area contributed by atoms with Gasteiger partial charge in [-0.1, -0.05) is 0 Å². The van der Waals surface area contributed by atoms with Crippen LogP contribution in [0.25, 0.3) is 11.0 Å². The van der Waals surface area contributed by atoms with Gasteiger partial charge >= 0.3 is 0 Å². The van der Waals surface area contributed by atoms with E-state index >= 15 is 0 Å². The van der Waals surface area contributed by atoms with E-state index in [1.165, 1.54) is 0 Å². The van der Waals surface area contributed by atoms with Crippen molar-refractivity contribution in [3.05, 3.63) is 12.1 Å². The smallest absolute Gasteiger partial charge is 0.242 e. The number of carbonyl (C=O) groups excluding carboxylic acids is 1. The van der Waals surface area contributed by atoms with Gasteiger partial charge in [-0.3, -0.25) is 4.79 Å². The molecule has 3 N–H and O–H groups in total. The van der Waals surface area contributed by atoms with E-state index in [1.807, 2.05) is 11.0 Å². The van der Waals surface area contributed by atoms with Crippen molar-refractivity contribution in [2.75, 3.05) is 24.2 Å². The molecule has 1 unspecified atom stereocenters. The summed E-state index contributed by atoms with van der Waals surface area (Å²) in [6.07, 6.45) is 1.80. The van der Waals surface area contributed by atoms with Crippen molar-refractivity contribution < 1.29 is 9.42 Å². The van der Waals surface area contributed by atoms with Crippen LogP contribution in [0.5, 0.6) is 0 Å².